The van der Waals surface area contributed by atoms with E-state index in [1.54, 1.807) is 6.20 Å². The van der Waals surface area contributed by atoms with Gasteiger partial charge in [0.1, 0.15) is 0 Å². The minimum Gasteiger partial charge on any atom is -0.481 e. The fourth-order valence-electron chi connectivity index (χ4n) is 2.76. The fourth-order valence-corrected chi connectivity index (χ4v) is 2.76. The summed E-state index contributed by atoms with van der Waals surface area (Å²) >= 11 is 0. The molecule has 2 rings (SSSR count). The first kappa shape index (κ1) is 14.5. The molecule has 1 aliphatic carbocycles. The van der Waals surface area contributed by atoms with E-state index in [0.29, 0.717) is 25.8 Å². The molecule has 108 valence electrons. The molecule has 1 fully saturated rings. The summed E-state index contributed by atoms with van der Waals surface area (Å²) in [5.74, 6) is -1.01. The van der Waals surface area contributed by atoms with Crippen LogP contribution in [0.2, 0.25) is 0 Å². The van der Waals surface area contributed by atoms with Crippen LogP contribution in [0.3, 0.4) is 0 Å². The zero-order valence-electron chi connectivity index (χ0n) is 11.5. The summed E-state index contributed by atoms with van der Waals surface area (Å²) < 4.78 is 0. The summed E-state index contributed by atoms with van der Waals surface area (Å²) in [5, 5.41) is 12.1. The van der Waals surface area contributed by atoms with E-state index >= 15 is 0 Å². The van der Waals surface area contributed by atoms with E-state index in [0.717, 1.165) is 18.5 Å². The number of carboxylic acids is 1. The molecular formula is C15H20N2O3. The molecule has 1 saturated carbocycles. The van der Waals surface area contributed by atoms with Gasteiger partial charge in [0.2, 0.25) is 5.91 Å². The Hall–Kier alpha value is -1.91. The molecular weight excluding hydrogens is 256 g/mol. The van der Waals surface area contributed by atoms with Crippen LogP contribution in [0.1, 0.15) is 37.8 Å². The van der Waals surface area contributed by atoms with E-state index in [9.17, 15) is 14.7 Å². The monoisotopic (exact) mass is 276 g/mol. The lowest BCUT2D eigenvalue weighted by atomic mass is 9.82. The molecule has 0 spiro atoms. The standard InChI is InChI=1S/C15H20N2O3/c18-13(11-15(14(19)20)7-2-3-8-15)17-10-6-12-5-1-4-9-16-12/h1,4-5,9H,2-3,6-8,10-11H2,(H,17,18)(H,19,20). The molecule has 5 heteroatoms. The van der Waals surface area contributed by atoms with Crippen molar-refractivity contribution < 1.29 is 14.7 Å². The van der Waals surface area contributed by atoms with Crippen molar-refractivity contribution in [2.45, 2.75) is 38.5 Å². The normalized spacial score (nSPS) is 16.8. The van der Waals surface area contributed by atoms with Crippen LogP contribution < -0.4 is 5.32 Å². The van der Waals surface area contributed by atoms with Gasteiger partial charge in [-0.3, -0.25) is 14.6 Å². The summed E-state index contributed by atoms with van der Waals surface area (Å²) in [4.78, 5) is 27.4. The van der Waals surface area contributed by atoms with Crippen LogP contribution in [0.15, 0.2) is 24.4 Å². The smallest absolute Gasteiger partial charge is 0.310 e. The zero-order chi connectivity index (χ0) is 14.4. The van der Waals surface area contributed by atoms with E-state index in [1.165, 1.54) is 0 Å². The molecule has 1 aliphatic rings. The number of carboxylic acid groups (broad SMARTS) is 1. The van der Waals surface area contributed by atoms with Crippen LogP contribution in [0.5, 0.6) is 0 Å². The molecule has 0 radical (unpaired) electrons. The third-order valence-corrected chi connectivity index (χ3v) is 3.94. The van der Waals surface area contributed by atoms with Crippen LogP contribution in [-0.4, -0.2) is 28.5 Å². The molecule has 0 bridgehead atoms. The zero-order valence-corrected chi connectivity index (χ0v) is 11.5. The highest BCUT2D eigenvalue weighted by Crippen LogP contribution is 2.41. The van der Waals surface area contributed by atoms with Crippen molar-refractivity contribution in [3.8, 4) is 0 Å². The molecule has 1 aromatic heterocycles. The fraction of sp³-hybridized carbons (Fsp3) is 0.533. The topological polar surface area (TPSA) is 79.3 Å². The quantitative estimate of drug-likeness (QED) is 0.830. The molecule has 1 heterocycles. The lowest BCUT2D eigenvalue weighted by Crippen LogP contribution is -2.36. The Morgan fingerprint density at radius 1 is 1.30 bits per heavy atom. The van der Waals surface area contributed by atoms with Gasteiger partial charge in [0.15, 0.2) is 0 Å². The van der Waals surface area contributed by atoms with Crippen molar-refractivity contribution >= 4 is 11.9 Å². The number of carbonyl (C=O) groups is 2. The van der Waals surface area contributed by atoms with E-state index < -0.39 is 11.4 Å². The molecule has 5 nitrogen and oxygen atoms in total. The summed E-state index contributed by atoms with van der Waals surface area (Å²) in [5.41, 5.74) is 0.0799. The van der Waals surface area contributed by atoms with E-state index in [1.807, 2.05) is 18.2 Å². The van der Waals surface area contributed by atoms with Gasteiger partial charge in [-0.05, 0) is 25.0 Å². The van der Waals surface area contributed by atoms with E-state index in [-0.39, 0.29) is 12.3 Å². The van der Waals surface area contributed by atoms with Crippen molar-refractivity contribution in [3.05, 3.63) is 30.1 Å². The van der Waals surface area contributed by atoms with Crippen molar-refractivity contribution in [1.29, 1.82) is 0 Å². The Morgan fingerprint density at radius 3 is 2.65 bits per heavy atom. The molecule has 1 aromatic rings. The number of hydrogen-bond donors (Lipinski definition) is 2. The highest BCUT2D eigenvalue weighted by molar-refractivity contribution is 5.85. The predicted octanol–water partition coefficient (Wildman–Crippen LogP) is 1.78. The van der Waals surface area contributed by atoms with Crippen molar-refractivity contribution in [2.24, 2.45) is 5.41 Å². The molecule has 0 saturated heterocycles. The largest absolute Gasteiger partial charge is 0.481 e. The number of nitrogens with zero attached hydrogens (tertiary/aromatic N) is 1. The maximum absolute atomic E-state index is 11.9. The molecule has 0 atom stereocenters. The Kier molecular flexibility index (Phi) is 4.71. The van der Waals surface area contributed by atoms with Crippen LogP contribution in [0, 0.1) is 5.41 Å². The molecule has 20 heavy (non-hydrogen) atoms. The van der Waals surface area contributed by atoms with Gasteiger partial charge in [0.25, 0.3) is 0 Å². The number of aromatic nitrogens is 1. The number of aliphatic carboxylic acids is 1. The highest BCUT2D eigenvalue weighted by Gasteiger charge is 2.42. The van der Waals surface area contributed by atoms with Gasteiger partial charge in [-0.2, -0.15) is 0 Å². The molecule has 1 amide bonds. The molecule has 0 aliphatic heterocycles. The van der Waals surface area contributed by atoms with Crippen molar-refractivity contribution in [1.82, 2.24) is 10.3 Å². The summed E-state index contributed by atoms with van der Waals surface area (Å²) in [6, 6.07) is 5.66. The van der Waals surface area contributed by atoms with Crippen LogP contribution in [-0.2, 0) is 16.0 Å². The number of amides is 1. The third-order valence-electron chi connectivity index (χ3n) is 3.94. The second-order valence-corrected chi connectivity index (χ2v) is 5.39. The second kappa shape index (κ2) is 6.50. The minimum atomic E-state index is -0.838. The lowest BCUT2D eigenvalue weighted by molar-refractivity contribution is -0.151. The molecule has 0 aromatic carbocycles. The van der Waals surface area contributed by atoms with Gasteiger partial charge in [0, 0.05) is 31.3 Å². The second-order valence-electron chi connectivity index (χ2n) is 5.39. The summed E-state index contributed by atoms with van der Waals surface area (Å²) in [6.45, 7) is 0.492. The number of pyridine rings is 1. The Morgan fingerprint density at radius 2 is 2.05 bits per heavy atom. The van der Waals surface area contributed by atoms with Crippen molar-refractivity contribution in [2.75, 3.05) is 6.54 Å². The number of rotatable bonds is 6. The molecule has 0 unspecified atom stereocenters. The predicted molar refractivity (Wildman–Crippen MR) is 74.1 cm³/mol. The van der Waals surface area contributed by atoms with Gasteiger partial charge < -0.3 is 10.4 Å². The van der Waals surface area contributed by atoms with Gasteiger partial charge in [-0.1, -0.05) is 18.9 Å². The first-order valence-corrected chi connectivity index (χ1v) is 7.02. The third kappa shape index (κ3) is 3.56. The minimum absolute atomic E-state index is 0.0878. The summed E-state index contributed by atoms with van der Waals surface area (Å²) in [6.07, 6.45) is 5.47. The van der Waals surface area contributed by atoms with E-state index in [2.05, 4.69) is 10.3 Å². The van der Waals surface area contributed by atoms with Crippen LogP contribution in [0.25, 0.3) is 0 Å². The average molecular weight is 276 g/mol. The Balaban J connectivity index is 1.79. The average Bonchev–Trinajstić information content (AvgIpc) is 2.90. The maximum atomic E-state index is 11.9. The number of nitrogens with one attached hydrogen (secondary N) is 1. The van der Waals surface area contributed by atoms with Crippen LogP contribution in [0.4, 0.5) is 0 Å². The SMILES string of the molecule is O=C(CC1(C(=O)O)CCCC1)NCCc1ccccn1. The Bertz CT molecular complexity index is 467. The van der Waals surface area contributed by atoms with E-state index in [4.69, 9.17) is 0 Å². The first-order valence-electron chi connectivity index (χ1n) is 7.02. The number of hydrogen-bond acceptors (Lipinski definition) is 3. The van der Waals surface area contributed by atoms with Gasteiger partial charge in [-0.25, -0.2) is 0 Å². The van der Waals surface area contributed by atoms with Gasteiger partial charge >= 0.3 is 5.97 Å². The number of carbonyl (C=O) groups excluding carboxylic acids is 1. The van der Waals surface area contributed by atoms with Gasteiger partial charge in [0.05, 0.1) is 5.41 Å². The van der Waals surface area contributed by atoms with Crippen LogP contribution >= 0.6 is 0 Å². The highest BCUT2D eigenvalue weighted by atomic mass is 16.4. The lowest BCUT2D eigenvalue weighted by Gasteiger charge is -2.22. The van der Waals surface area contributed by atoms with Crippen molar-refractivity contribution in [3.63, 3.8) is 0 Å². The Labute approximate surface area is 118 Å². The first-order chi connectivity index (χ1) is 9.62. The maximum Gasteiger partial charge on any atom is 0.310 e. The molecule has 2 N–H and O–H groups in total. The summed E-state index contributed by atoms with van der Waals surface area (Å²) in [7, 11) is 0. The van der Waals surface area contributed by atoms with Gasteiger partial charge in [-0.15, -0.1) is 0 Å².